The lowest BCUT2D eigenvalue weighted by Crippen LogP contribution is -2.30. The molecule has 0 unspecified atom stereocenters. The molecule has 0 aliphatic heterocycles. The molecule has 0 bridgehead atoms. The Kier molecular flexibility index (Phi) is 3.36. The first-order chi connectivity index (χ1) is 8.74. The van der Waals surface area contributed by atoms with Gasteiger partial charge in [-0.3, -0.25) is 10.2 Å². The monoisotopic (exact) mass is 245 g/mol. The molecule has 2 rings (SSSR count). The first kappa shape index (κ1) is 11.8. The Labute approximate surface area is 103 Å². The molecule has 0 spiro atoms. The van der Waals surface area contributed by atoms with Crippen LogP contribution in [-0.2, 0) is 13.1 Å². The van der Waals surface area contributed by atoms with Gasteiger partial charge in [0, 0.05) is 12.7 Å². The highest BCUT2D eigenvalue weighted by atomic mass is 16.2. The number of hydrazine groups is 1. The van der Waals surface area contributed by atoms with Crippen molar-refractivity contribution in [2.45, 2.75) is 13.1 Å². The van der Waals surface area contributed by atoms with E-state index < -0.39 is 5.91 Å². The predicted molar refractivity (Wildman–Crippen MR) is 60.8 cm³/mol. The highest BCUT2D eigenvalue weighted by Gasteiger charge is 2.08. The maximum absolute atomic E-state index is 11.2. The quantitative estimate of drug-likeness (QED) is 0.418. The average molecular weight is 245 g/mol. The molecule has 8 nitrogen and oxygen atoms in total. The van der Waals surface area contributed by atoms with Gasteiger partial charge in [-0.1, -0.05) is 5.21 Å². The lowest BCUT2D eigenvalue weighted by Gasteiger charge is -2.03. The average Bonchev–Trinajstić information content (AvgIpc) is 3.03. The van der Waals surface area contributed by atoms with Crippen molar-refractivity contribution in [1.29, 1.82) is 5.26 Å². The minimum Gasteiger partial charge on any atom is -0.338 e. The maximum atomic E-state index is 11.2. The summed E-state index contributed by atoms with van der Waals surface area (Å²) in [7, 11) is 0. The van der Waals surface area contributed by atoms with Gasteiger partial charge in [0.05, 0.1) is 12.7 Å². The second-order valence-corrected chi connectivity index (χ2v) is 3.54. The molecule has 0 saturated heterocycles. The SMILES string of the molecule is N#Cc1cccn1CCn1cc(C(=O)NN)nn1. The summed E-state index contributed by atoms with van der Waals surface area (Å²) in [6, 6.07) is 5.61. The number of amides is 1. The highest BCUT2D eigenvalue weighted by Crippen LogP contribution is 2.01. The Morgan fingerprint density at radius 3 is 3.11 bits per heavy atom. The van der Waals surface area contributed by atoms with Crippen LogP contribution in [0.4, 0.5) is 0 Å². The van der Waals surface area contributed by atoms with E-state index >= 15 is 0 Å². The fourth-order valence-electron chi connectivity index (χ4n) is 1.51. The second-order valence-electron chi connectivity index (χ2n) is 3.54. The van der Waals surface area contributed by atoms with Crippen molar-refractivity contribution in [1.82, 2.24) is 25.0 Å². The van der Waals surface area contributed by atoms with Gasteiger partial charge in [0.15, 0.2) is 5.69 Å². The van der Waals surface area contributed by atoms with Crippen LogP contribution in [0, 0.1) is 11.3 Å². The summed E-state index contributed by atoms with van der Waals surface area (Å²) in [5.74, 6) is 4.50. The molecular formula is C10H11N7O. The number of nitriles is 1. The number of nitrogens with two attached hydrogens (primary N) is 1. The normalized spacial score (nSPS) is 10.0. The third-order valence-electron chi connectivity index (χ3n) is 2.42. The van der Waals surface area contributed by atoms with Crippen LogP contribution in [0.5, 0.6) is 0 Å². The van der Waals surface area contributed by atoms with Gasteiger partial charge < -0.3 is 4.57 Å². The Balaban J connectivity index is 2.01. The van der Waals surface area contributed by atoms with E-state index in [0.29, 0.717) is 18.8 Å². The van der Waals surface area contributed by atoms with Gasteiger partial charge in [-0.25, -0.2) is 10.5 Å². The number of carbonyl (C=O) groups is 1. The van der Waals surface area contributed by atoms with Gasteiger partial charge in [0.2, 0.25) is 0 Å². The van der Waals surface area contributed by atoms with Crippen LogP contribution < -0.4 is 11.3 Å². The summed E-state index contributed by atoms with van der Waals surface area (Å²) in [6.07, 6.45) is 3.31. The number of nitrogens with one attached hydrogen (secondary N) is 1. The number of nitrogen functional groups attached to an aromatic ring is 1. The fourth-order valence-corrected chi connectivity index (χ4v) is 1.51. The van der Waals surface area contributed by atoms with Crippen molar-refractivity contribution in [2.24, 2.45) is 5.84 Å². The lowest BCUT2D eigenvalue weighted by atomic mass is 10.4. The first-order valence-electron chi connectivity index (χ1n) is 5.21. The molecule has 0 aliphatic carbocycles. The molecular weight excluding hydrogens is 234 g/mol. The Morgan fingerprint density at radius 2 is 2.39 bits per heavy atom. The van der Waals surface area contributed by atoms with Crippen molar-refractivity contribution in [3.05, 3.63) is 35.9 Å². The van der Waals surface area contributed by atoms with E-state index in [1.165, 1.54) is 10.9 Å². The van der Waals surface area contributed by atoms with Crippen molar-refractivity contribution >= 4 is 5.91 Å². The molecule has 1 amide bonds. The summed E-state index contributed by atoms with van der Waals surface area (Å²) in [4.78, 5) is 11.2. The summed E-state index contributed by atoms with van der Waals surface area (Å²) in [5.41, 5.74) is 2.72. The van der Waals surface area contributed by atoms with E-state index in [0.717, 1.165) is 0 Å². The predicted octanol–water partition coefficient (Wildman–Crippen LogP) is -0.745. The van der Waals surface area contributed by atoms with Gasteiger partial charge in [-0.05, 0) is 12.1 Å². The van der Waals surface area contributed by atoms with E-state index in [1.54, 1.807) is 16.7 Å². The number of hydrogen-bond donors (Lipinski definition) is 2. The molecule has 2 aromatic heterocycles. The van der Waals surface area contributed by atoms with Crippen LogP contribution in [0.3, 0.4) is 0 Å². The molecule has 0 atom stereocenters. The topological polar surface area (TPSA) is 115 Å². The molecule has 0 radical (unpaired) electrons. The third-order valence-corrected chi connectivity index (χ3v) is 2.42. The smallest absolute Gasteiger partial charge is 0.287 e. The minimum absolute atomic E-state index is 0.158. The van der Waals surface area contributed by atoms with Crippen molar-refractivity contribution in [2.75, 3.05) is 0 Å². The third kappa shape index (κ3) is 2.36. The fraction of sp³-hybridized carbons (Fsp3) is 0.200. The second kappa shape index (κ2) is 5.11. The minimum atomic E-state index is -0.486. The number of nitrogens with zero attached hydrogens (tertiary/aromatic N) is 5. The Morgan fingerprint density at radius 1 is 1.56 bits per heavy atom. The highest BCUT2D eigenvalue weighted by molar-refractivity contribution is 5.91. The number of aromatic nitrogens is 4. The zero-order chi connectivity index (χ0) is 13.0. The van der Waals surface area contributed by atoms with Crippen molar-refractivity contribution in [3.8, 4) is 6.07 Å². The molecule has 2 aromatic rings. The van der Waals surface area contributed by atoms with Crippen LogP contribution >= 0.6 is 0 Å². The Bertz CT molecular complexity index is 591. The van der Waals surface area contributed by atoms with E-state index in [-0.39, 0.29) is 5.69 Å². The van der Waals surface area contributed by atoms with Crippen LogP contribution in [0.25, 0.3) is 0 Å². The molecule has 0 aromatic carbocycles. The summed E-state index contributed by atoms with van der Waals surface area (Å²) in [6.45, 7) is 1.08. The van der Waals surface area contributed by atoms with Crippen LogP contribution in [-0.4, -0.2) is 25.5 Å². The zero-order valence-corrected chi connectivity index (χ0v) is 9.45. The maximum Gasteiger partial charge on any atom is 0.287 e. The molecule has 92 valence electrons. The summed E-state index contributed by atoms with van der Waals surface area (Å²) >= 11 is 0. The lowest BCUT2D eigenvalue weighted by molar-refractivity contribution is 0.0948. The molecule has 2 heterocycles. The molecule has 18 heavy (non-hydrogen) atoms. The molecule has 0 saturated carbocycles. The van der Waals surface area contributed by atoms with Crippen molar-refractivity contribution < 1.29 is 4.79 Å². The van der Waals surface area contributed by atoms with Gasteiger partial charge in [-0.2, -0.15) is 5.26 Å². The van der Waals surface area contributed by atoms with Gasteiger partial charge >= 0.3 is 0 Å². The molecule has 0 fully saturated rings. The number of carbonyl (C=O) groups excluding carboxylic acids is 1. The summed E-state index contributed by atoms with van der Waals surface area (Å²) < 4.78 is 3.32. The Hall–Kier alpha value is -2.66. The van der Waals surface area contributed by atoms with E-state index in [2.05, 4.69) is 16.4 Å². The number of rotatable bonds is 4. The van der Waals surface area contributed by atoms with E-state index in [9.17, 15) is 4.79 Å². The summed E-state index contributed by atoms with van der Waals surface area (Å²) in [5, 5.41) is 16.3. The number of aryl methyl sites for hydroxylation is 2. The molecule has 0 aliphatic rings. The largest absolute Gasteiger partial charge is 0.338 e. The van der Waals surface area contributed by atoms with E-state index in [1.807, 2.05) is 11.6 Å². The number of hydrogen-bond acceptors (Lipinski definition) is 5. The van der Waals surface area contributed by atoms with Crippen LogP contribution in [0.1, 0.15) is 16.2 Å². The first-order valence-corrected chi connectivity index (χ1v) is 5.21. The van der Waals surface area contributed by atoms with Crippen molar-refractivity contribution in [3.63, 3.8) is 0 Å². The molecule has 8 heteroatoms. The van der Waals surface area contributed by atoms with E-state index in [4.69, 9.17) is 11.1 Å². The van der Waals surface area contributed by atoms with Gasteiger partial charge in [0.25, 0.3) is 5.91 Å². The van der Waals surface area contributed by atoms with Gasteiger partial charge in [0.1, 0.15) is 11.8 Å². The van der Waals surface area contributed by atoms with Crippen LogP contribution in [0.2, 0.25) is 0 Å². The standard InChI is InChI=1S/C10H11N7O/c11-6-8-2-1-3-16(8)4-5-17-7-9(14-15-17)10(18)13-12/h1-3,7H,4-5,12H2,(H,13,18). The van der Waals surface area contributed by atoms with Gasteiger partial charge in [-0.15, -0.1) is 5.10 Å². The zero-order valence-electron chi connectivity index (χ0n) is 9.45. The molecule has 3 N–H and O–H groups in total. The van der Waals surface area contributed by atoms with Crippen LogP contribution in [0.15, 0.2) is 24.5 Å².